The third-order valence-corrected chi connectivity index (χ3v) is 3.26. The molecule has 1 rings (SSSR count). The zero-order valence-corrected chi connectivity index (χ0v) is 10.6. The van der Waals surface area contributed by atoms with E-state index in [1.165, 1.54) is 12.0 Å². The van der Waals surface area contributed by atoms with Crippen LogP contribution in [0.15, 0.2) is 0 Å². The Labute approximate surface area is 100 Å². The molecule has 1 N–H and O–H groups in total. The molecule has 1 fully saturated rings. The lowest BCUT2D eigenvalue weighted by Crippen LogP contribution is -2.62. The van der Waals surface area contributed by atoms with Gasteiger partial charge in [0.05, 0.1) is 0 Å². The Morgan fingerprint density at radius 3 is 2.65 bits per heavy atom. The second-order valence-electron chi connectivity index (χ2n) is 4.31. The Morgan fingerprint density at radius 1 is 1.59 bits per heavy atom. The van der Waals surface area contributed by atoms with Crippen LogP contribution in [0.4, 0.5) is 0 Å². The summed E-state index contributed by atoms with van der Waals surface area (Å²) < 4.78 is 5.19. The Hall–Kier alpha value is -1.43. The number of ether oxygens (including phenoxy) is 1. The van der Waals surface area contributed by atoms with Gasteiger partial charge in [0.1, 0.15) is 18.2 Å². The maximum Gasteiger partial charge on any atom is 0.255 e. The Bertz CT molecular complexity index is 349. The summed E-state index contributed by atoms with van der Waals surface area (Å²) in [6.45, 7) is 4.95. The van der Waals surface area contributed by atoms with Crippen LogP contribution in [0.2, 0.25) is 0 Å². The van der Waals surface area contributed by atoms with Crippen LogP contribution in [0.5, 0.6) is 0 Å². The number of imide groups is 1. The molecule has 0 aromatic heterocycles. The highest BCUT2D eigenvalue weighted by molar-refractivity contribution is 6.05. The number of carbonyl (C=O) groups is 3. The number of nitrogens with one attached hydrogen (secondary N) is 1. The third-order valence-electron chi connectivity index (χ3n) is 3.26. The first-order valence-corrected chi connectivity index (χ1v) is 5.55. The van der Waals surface area contributed by atoms with Crippen LogP contribution < -0.4 is 5.32 Å². The van der Waals surface area contributed by atoms with E-state index in [4.69, 9.17) is 4.74 Å². The van der Waals surface area contributed by atoms with Gasteiger partial charge in [-0.05, 0) is 20.3 Å². The van der Waals surface area contributed by atoms with Crippen molar-refractivity contribution in [3.8, 4) is 0 Å². The van der Waals surface area contributed by atoms with E-state index < -0.39 is 23.5 Å². The number of hydrogen-bond acceptors (Lipinski definition) is 4. The summed E-state index contributed by atoms with van der Waals surface area (Å²) in [6.07, 6.45) is 0.474. The second-order valence-corrected chi connectivity index (χ2v) is 4.31. The topological polar surface area (TPSA) is 75.7 Å². The molecule has 0 bridgehead atoms. The smallest absolute Gasteiger partial charge is 0.255 e. The number of rotatable bonds is 3. The van der Waals surface area contributed by atoms with Crippen LogP contribution >= 0.6 is 0 Å². The summed E-state index contributed by atoms with van der Waals surface area (Å²) in [5.74, 6) is -1.25. The van der Waals surface area contributed by atoms with Crippen LogP contribution in [0, 0.1) is 0 Å². The number of nitrogens with zero attached hydrogens (tertiary/aromatic N) is 1. The van der Waals surface area contributed by atoms with E-state index in [0.717, 1.165) is 0 Å². The molecule has 0 aromatic carbocycles. The Morgan fingerprint density at radius 2 is 2.18 bits per heavy atom. The molecule has 0 saturated carbocycles. The van der Waals surface area contributed by atoms with Crippen molar-refractivity contribution in [2.75, 3.05) is 13.7 Å². The number of piperazine rings is 1. The van der Waals surface area contributed by atoms with Gasteiger partial charge >= 0.3 is 0 Å². The van der Waals surface area contributed by atoms with Gasteiger partial charge in [-0.15, -0.1) is 0 Å². The minimum absolute atomic E-state index is 0.106. The summed E-state index contributed by atoms with van der Waals surface area (Å²) in [5.41, 5.74) is -0.994. The van der Waals surface area contributed by atoms with Crippen molar-refractivity contribution in [1.29, 1.82) is 0 Å². The zero-order chi connectivity index (χ0) is 13.2. The average Bonchev–Trinajstić information content (AvgIpc) is 2.31. The first kappa shape index (κ1) is 13.6. The Kier molecular flexibility index (Phi) is 3.87. The van der Waals surface area contributed by atoms with Crippen LogP contribution in [0.25, 0.3) is 0 Å². The summed E-state index contributed by atoms with van der Waals surface area (Å²) in [4.78, 5) is 36.2. The summed E-state index contributed by atoms with van der Waals surface area (Å²) in [5, 5.41) is 2.19. The van der Waals surface area contributed by atoms with Crippen molar-refractivity contribution >= 4 is 17.7 Å². The number of methoxy groups -OCH3 is 1. The molecule has 2 atom stereocenters. The molecule has 0 radical (unpaired) electrons. The average molecular weight is 242 g/mol. The van der Waals surface area contributed by atoms with Gasteiger partial charge in [-0.2, -0.15) is 0 Å². The van der Waals surface area contributed by atoms with E-state index in [9.17, 15) is 14.4 Å². The van der Waals surface area contributed by atoms with Crippen molar-refractivity contribution in [1.82, 2.24) is 10.2 Å². The van der Waals surface area contributed by atoms with Crippen molar-refractivity contribution in [3.63, 3.8) is 0 Å². The minimum atomic E-state index is -0.994. The fourth-order valence-corrected chi connectivity index (χ4v) is 1.65. The quantitative estimate of drug-likeness (QED) is 0.688. The van der Waals surface area contributed by atoms with Gasteiger partial charge in [0, 0.05) is 7.11 Å². The predicted molar refractivity (Wildman–Crippen MR) is 60.0 cm³/mol. The van der Waals surface area contributed by atoms with Crippen molar-refractivity contribution in [2.24, 2.45) is 0 Å². The summed E-state index contributed by atoms with van der Waals surface area (Å²) in [7, 11) is 1.44. The molecule has 3 amide bonds. The predicted octanol–water partition coefficient (Wildman–Crippen LogP) is -0.325. The van der Waals surface area contributed by atoms with Crippen molar-refractivity contribution in [3.05, 3.63) is 0 Å². The Balaban J connectivity index is 2.94. The molecule has 1 heterocycles. The van der Waals surface area contributed by atoms with Crippen LogP contribution in [0.3, 0.4) is 0 Å². The first-order chi connectivity index (χ1) is 7.85. The monoisotopic (exact) mass is 242 g/mol. The minimum Gasteiger partial charge on any atom is -0.369 e. The highest BCUT2D eigenvalue weighted by Gasteiger charge is 2.41. The molecule has 0 aliphatic carbocycles. The lowest BCUT2D eigenvalue weighted by molar-refractivity contribution is -0.162. The third kappa shape index (κ3) is 2.46. The van der Waals surface area contributed by atoms with Crippen LogP contribution in [0.1, 0.15) is 27.2 Å². The van der Waals surface area contributed by atoms with Gasteiger partial charge in [0.25, 0.3) is 5.91 Å². The molecular weight excluding hydrogens is 224 g/mol. The van der Waals surface area contributed by atoms with Crippen LogP contribution in [-0.2, 0) is 19.1 Å². The van der Waals surface area contributed by atoms with E-state index in [-0.39, 0.29) is 12.5 Å². The van der Waals surface area contributed by atoms with Crippen LogP contribution in [-0.4, -0.2) is 47.9 Å². The molecule has 2 unspecified atom stereocenters. The lowest BCUT2D eigenvalue weighted by Gasteiger charge is -2.37. The molecule has 6 heteroatoms. The van der Waals surface area contributed by atoms with E-state index in [0.29, 0.717) is 6.42 Å². The number of carbonyl (C=O) groups excluding carboxylic acids is 3. The van der Waals surface area contributed by atoms with E-state index >= 15 is 0 Å². The van der Waals surface area contributed by atoms with Gasteiger partial charge < -0.3 is 9.64 Å². The fourth-order valence-electron chi connectivity index (χ4n) is 1.65. The maximum atomic E-state index is 12.3. The molecule has 1 saturated heterocycles. The fraction of sp³-hybridized carbons (Fsp3) is 0.727. The first-order valence-electron chi connectivity index (χ1n) is 5.55. The second kappa shape index (κ2) is 4.83. The normalized spacial score (nSPS) is 24.2. The van der Waals surface area contributed by atoms with Crippen molar-refractivity contribution in [2.45, 2.75) is 38.8 Å². The van der Waals surface area contributed by atoms with Gasteiger partial charge in [-0.25, -0.2) is 0 Å². The van der Waals surface area contributed by atoms with Gasteiger partial charge in [-0.1, -0.05) is 6.92 Å². The van der Waals surface area contributed by atoms with Crippen molar-refractivity contribution < 1.29 is 19.1 Å². The zero-order valence-electron chi connectivity index (χ0n) is 10.6. The molecule has 0 aromatic rings. The summed E-state index contributed by atoms with van der Waals surface area (Å²) in [6, 6.07) is -0.652. The molecular formula is C11H18N2O4. The molecule has 6 nitrogen and oxygen atoms in total. The lowest BCUT2D eigenvalue weighted by atomic mass is 9.99. The van der Waals surface area contributed by atoms with E-state index in [1.807, 2.05) is 6.92 Å². The maximum absolute atomic E-state index is 12.3. The molecule has 1 aliphatic heterocycles. The van der Waals surface area contributed by atoms with Gasteiger partial charge in [0.15, 0.2) is 0 Å². The molecule has 17 heavy (non-hydrogen) atoms. The van der Waals surface area contributed by atoms with Gasteiger partial charge in [0.2, 0.25) is 11.8 Å². The standard InChI is InChI=1S/C11H18N2O4/c1-5-11(3,17-4)10(16)13-6-8(14)12-9(15)7(13)2/h7H,5-6H2,1-4H3,(H,12,14,15). The molecule has 96 valence electrons. The van der Waals surface area contributed by atoms with Gasteiger partial charge in [-0.3, -0.25) is 19.7 Å². The number of amides is 3. The van der Waals surface area contributed by atoms with E-state index in [2.05, 4.69) is 5.32 Å². The number of hydrogen-bond donors (Lipinski definition) is 1. The highest BCUT2D eigenvalue weighted by Crippen LogP contribution is 2.20. The summed E-state index contributed by atoms with van der Waals surface area (Å²) >= 11 is 0. The SMILES string of the molecule is CCC(C)(OC)C(=O)N1CC(=O)NC(=O)C1C. The molecule has 0 spiro atoms. The largest absolute Gasteiger partial charge is 0.369 e. The molecule has 1 aliphatic rings. The van der Waals surface area contributed by atoms with E-state index in [1.54, 1.807) is 13.8 Å². The highest BCUT2D eigenvalue weighted by atomic mass is 16.5.